The Labute approximate surface area is 131 Å². The molecule has 0 radical (unpaired) electrons. The lowest BCUT2D eigenvalue weighted by molar-refractivity contribution is -0.122. The van der Waals surface area contributed by atoms with Crippen molar-refractivity contribution in [3.63, 3.8) is 0 Å². The Bertz CT molecular complexity index is 720. The van der Waals surface area contributed by atoms with Crippen molar-refractivity contribution in [3.8, 4) is 6.07 Å². The third-order valence-corrected chi connectivity index (χ3v) is 4.15. The summed E-state index contributed by atoms with van der Waals surface area (Å²) in [6.45, 7) is 0.206. The van der Waals surface area contributed by atoms with Gasteiger partial charge in [0.05, 0.1) is 12.5 Å². The van der Waals surface area contributed by atoms with E-state index < -0.39 is 18.0 Å². The van der Waals surface area contributed by atoms with Gasteiger partial charge in [-0.1, -0.05) is 18.2 Å². The fraction of sp³-hybridized carbons (Fsp3) is 0.267. The number of carboxylic acid groups (broad SMARTS) is 1. The number of carbonyl (C=O) groups excluding carboxylic acids is 1. The minimum Gasteiger partial charge on any atom is -0.465 e. The lowest BCUT2D eigenvalue weighted by Gasteiger charge is -2.16. The number of rotatable bonds is 6. The van der Waals surface area contributed by atoms with Gasteiger partial charge in [-0.25, -0.2) is 4.79 Å². The Hall–Kier alpha value is -2.59. The van der Waals surface area contributed by atoms with Crippen molar-refractivity contribution in [2.24, 2.45) is 0 Å². The van der Waals surface area contributed by atoms with E-state index in [4.69, 9.17) is 10.4 Å². The van der Waals surface area contributed by atoms with E-state index in [0.717, 1.165) is 15.6 Å². The summed E-state index contributed by atoms with van der Waals surface area (Å²) in [5.41, 5.74) is 0.926. The molecule has 7 heteroatoms. The smallest absolute Gasteiger partial charge is 0.405 e. The van der Waals surface area contributed by atoms with Crippen molar-refractivity contribution < 1.29 is 14.7 Å². The molecule has 0 fully saturated rings. The second-order valence-corrected chi connectivity index (χ2v) is 5.57. The van der Waals surface area contributed by atoms with Gasteiger partial charge in [0, 0.05) is 17.7 Å². The van der Waals surface area contributed by atoms with Gasteiger partial charge in [-0.2, -0.15) is 5.26 Å². The van der Waals surface area contributed by atoms with Crippen LogP contribution in [0.25, 0.3) is 10.1 Å². The van der Waals surface area contributed by atoms with E-state index in [1.165, 1.54) is 0 Å². The molecule has 6 nitrogen and oxygen atoms in total. The van der Waals surface area contributed by atoms with Crippen LogP contribution in [0.1, 0.15) is 12.0 Å². The van der Waals surface area contributed by atoms with Crippen molar-refractivity contribution in [3.05, 3.63) is 35.2 Å². The van der Waals surface area contributed by atoms with Gasteiger partial charge in [0.2, 0.25) is 5.91 Å². The lowest BCUT2D eigenvalue weighted by atomic mass is 10.0. The van der Waals surface area contributed by atoms with Gasteiger partial charge in [0.1, 0.15) is 6.04 Å². The van der Waals surface area contributed by atoms with Gasteiger partial charge in [0.25, 0.3) is 0 Å². The SMILES string of the molecule is N#CCCNC(=O)C(Cc1csc2ccccc12)NC(=O)O. The Balaban J connectivity index is 2.14. The molecule has 0 bridgehead atoms. The Morgan fingerprint density at radius 2 is 2.14 bits per heavy atom. The van der Waals surface area contributed by atoms with Gasteiger partial charge in [-0.15, -0.1) is 11.3 Å². The molecule has 2 aromatic rings. The first-order valence-corrected chi connectivity index (χ1v) is 7.59. The second kappa shape index (κ2) is 7.43. The Morgan fingerprint density at radius 1 is 1.36 bits per heavy atom. The summed E-state index contributed by atoms with van der Waals surface area (Å²) in [6.07, 6.45) is -0.790. The summed E-state index contributed by atoms with van der Waals surface area (Å²) >= 11 is 1.56. The molecule has 0 saturated carbocycles. The zero-order valence-corrected chi connectivity index (χ0v) is 12.5. The standard InChI is InChI=1S/C15H15N3O3S/c16-6-3-7-17-14(19)12(18-15(20)21)8-10-9-22-13-5-2-1-4-11(10)13/h1-2,4-5,9,12,18H,3,7-8H2,(H,17,19)(H,20,21). The molecule has 3 N–H and O–H groups in total. The van der Waals surface area contributed by atoms with Crippen LogP contribution in [0.4, 0.5) is 4.79 Å². The maximum atomic E-state index is 12.1. The van der Waals surface area contributed by atoms with Crippen LogP contribution in [0, 0.1) is 11.3 Å². The third kappa shape index (κ3) is 3.96. The van der Waals surface area contributed by atoms with Crippen molar-refractivity contribution >= 4 is 33.4 Å². The molecule has 2 amide bonds. The van der Waals surface area contributed by atoms with E-state index in [0.29, 0.717) is 0 Å². The summed E-state index contributed by atoms with van der Waals surface area (Å²) in [7, 11) is 0. The van der Waals surface area contributed by atoms with Crippen LogP contribution in [0.2, 0.25) is 0 Å². The summed E-state index contributed by atoms with van der Waals surface area (Å²) < 4.78 is 1.09. The monoisotopic (exact) mass is 317 g/mol. The van der Waals surface area contributed by atoms with Crippen molar-refractivity contribution in [1.82, 2.24) is 10.6 Å². The quantitative estimate of drug-likeness (QED) is 0.710. The number of nitrogens with zero attached hydrogens (tertiary/aromatic N) is 1. The van der Waals surface area contributed by atoms with E-state index >= 15 is 0 Å². The number of nitriles is 1. The van der Waals surface area contributed by atoms with E-state index in [1.807, 2.05) is 35.7 Å². The van der Waals surface area contributed by atoms with Crippen molar-refractivity contribution in [1.29, 1.82) is 5.26 Å². The molecular weight excluding hydrogens is 302 g/mol. The molecule has 1 heterocycles. The van der Waals surface area contributed by atoms with E-state index in [-0.39, 0.29) is 19.4 Å². The van der Waals surface area contributed by atoms with Crippen LogP contribution in [-0.2, 0) is 11.2 Å². The highest BCUT2D eigenvalue weighted by atomic mass is 32.1. The molecule has 1 aromatic heterocycles. The average molecular weight is 317 g/mol. The van der Waals surface area contributed by atoms with Crippen LogP contribution in [-0.4, -0.2) is 29.7 Å². The molecular formula is C15H15N3O3S. The predicted molar refractivity (Wildman–Crippen MR) is 83.7 cm³/mol. The molecule has 0 aliphatic heterocycles. The molecule has 114 valence electrons. The topological polar surface area (TPSA) is 102 Å². The molecule has 0 saturated heterocycles. The number of nitrogens with one attached hydrogen (secondary N) is 2. The third-order valence-electron chi connectivity index (χ3n) is 3.14. The molecule has 22 heavy (non-hydrogen) atoms. The highest BCUT2D eigenvalue weighted by molar-refractivity contribution is 7.17. The fourth-order valence-electron chi connectivity index (χ4n) is 2.13. The van der Waals surface area contributed by atoms with Crippen LogP contribution >= 0.6 is 11.3 Å². The predicted octanol–water partition coefficient (Wildman–Crippen LogP) is 2.11. The number of carbonyl (C=O) groups is 2. The minimum absolute atomic E-state index is 0.187. The maximum Gasteiger partial charge on any atom is 0.405 e. The van der Waals surface area contributed by atoms with Crippen LogP contribution in [0.3, 0.4) is 0 Å². The molecule has 1 unspecified atom stereocenters. The second-order valence-electron chi connectivity index (χ2n) is 4.66. The molecule has 2 rings (SSSR count). The van der Waals surface area contributed by atoms with Crippen LogP contribution < -0.4 is 10.6 Å². The average Bonchev–Trinajstić information content (AvgIpc) is 2.90. The molecule has 1 aromatic carbocycles. The summed E-state index contributed by atoms with van der Waals surface area (Å²) in [5.74, 6) is -0.423. The molecule has 0 aliphatic carbocycles. The molecule has 0 aliphatic rings. The molecule has 1 atom stereocenters. The number of benzene rings is 1. The van der Waals surface area contributed by atoms with Gasteiger partial charge in [-0.05, 0) is 22.4 Å². The number of thiophene rings is 1. The van der Waals surface area contributed by atoms with E-state index in [1.54, 1.807) is 11.3 Å². The zero-order chi connectivity index (χ0) is 15.9. The lowest BCUT2D eigenvalue weighted by Crippen LogP contribution is -2.47. The summed E-state index contributed by atoms with van der Waals surface area (Å²) in [6, 6.07) is 8.82. The van der Waals surface area contributed by atoms with Gasteiger partial charge in [-0.3, -0.25) is 4.79 Å². The van der Waals surface area contributed by atoms with E-state index in [2.05, 4.69) is 10.6 Å². The summed E-state index contributed by atoms with van der Waals surface area (Å²) in [4.78, 5) is 23.0. The van der Waals surface area contributed by atoms with Gasteiger partial charge >= 0.3 is 6.09 Å². The van der Waals surface area contributed by atoms with Crippen molar-refractivity contribution in [2.45, 2.75) is 18.9 Å². The fourth-order valence-corrected chi connectivity index (χ4v) is 3.11. The first-order chi connectivity index (χ1) is 10.6. The zero-order valence-electron chi connectivity index (χ0n) is 11.7. The highest BCUT2D eigenvalue weighted by Gasteiger charge is 2.22. The first kappa shape index (κ1) is 15.8. The highest BCUT2D eigenvalue weighted by Crippen LogP contribution is 2.26. The van der Waals surface area contributed by atoms with Gasteiger partial charge in [0.15, 0.2) is 0 Å². The number of hydrogen-bond acceptors (Lipinski definition) is 4. The Kier molecular flexibility index (Phi) is 5.33. The van der Waals surface area contributed by atoms with Crippen molar-refractivity contribution in [2.75, 3.05) is 6.54 Å². The largest absolute Gasteiger partial charge is 0.465 e. The van der Waals surface area contributed by atoms with Gasteiger partial charge < -0.3 is 15.7 Å². The minimum atomic E-state index is -1.25. The normalized spacial score (nSPS) is 11.6. The maximum absolute atomic E-state index is 12.1. The molecule has 0 spiro atoms. The number of fused-ring (bicyclic) bond motifs is 1. The number of amides is 2. The van der Waals surface area contributed by atoms with Crippen LogP contribution in [0.15, 0.2) is 29.6 Å². The Morgan fingerprint density at radius 3 is 2.86 bits per heavy atom. The summed E-state index contributed by atoms with van der Waals surface area (Å²) in [5, 5.41) is 25.1. The van der Waals surface area contributed by atoms with Crippen LogP contribution in [0.5, 0.6) is 0 Å². The van der Waals surface area contributed by atoms with E-state index in [9.17, 15) is 9.59 Å². The number of hydrogen-bond donors (Lipinski definition) is 3. The first-order valence-electron chi connectivity index (χ1n) is 6.71.